The molecule has 0 spiro atoms. The molecule has 2 aliphatic rings. The fourth-order valence-electron chi connectivity index (χ4n) is 2.88. The van der Waals surface area contributed by atoms with Gasteiger partial charge in [0.25, 0.3) is 0 Å². The number of hydrogen-bond acceptors (Lipinski definition) is 4. The van der Waals surface area contributed by atoms with Crippen molar-refractivity contribution in [2.75, 3.05) is 32.9 Å². The molecular weight excluding hydrogens is 290 g/mol. The first kappa shape index (κ1) is 16.5. The maximum Gasteiger partial charge on any atom is 0.208 e. The third-order valence-electron chi connectivity index (χ3n) is 3.99. The van der Waals surface area contributed by atoms with E-state index in [0.29, 0.717) is 25.2 Å². The van der Waals surface area contributed by atoms with Crippen LogP contribution in [0.4, 0.5) is 0 Å². The zero-order chi connectivity index (χ0) is 15.5. The lowest BCUT2D eigenvalue weighted by Crippen LogP contribution is -2.46. The van der Waals surface area contributed by atoms with Gasteiger partial charge >= 0.3 is 0 Å². The first-order valence-electron chi connectivity index (χ1n) is 7.56. The highest BCUT2D eigenvalue weighted by Crippen LogP contribution is 2.33. The van der Waals surface area contributed by atoms with Gasteiger partial charge in [0.1, 0.15) is 0 Å². The molecular formula is C13H27N5O2S. The molecule has 0 aromatic carbocycles. The van der Waals surface area contributed by atoms with Crippen molar-refractivity contribution in [1.82, 2.24) is 20.3 Å². The minimum absolute atomic E-state index is 0.356. The normalized spacial score (nSPS) is 27.9. The van der Waals surface area contributed by atoms with Gasteiger partial charge in [0, 0.05) is 44.8 Å². The van der Waals surface area contributed by atoms with E-state index in [1.165, 1.54) is 12.8 Å². The fourth-order valence-corrected chi connectivity index (χ4v) is 3.35. The quantitative estimate of drug-likeness (QED) is 0.343. The highest BCUT2D eigenvalue weighted by atomic mass is 32.2. The zero-order valence-corrected chi connectivity index (χ0v) is 13.9. The van der Waals surface area contributed by atoms with Crippen molar-refractivity contribution in [3.05, 3.63) is 0 Å². The van der Waals surface area contributed by atoms with Crippen LogP contribution in [0.25, 0.3) is 0 Å². The third-order valence-corrected chi connectivity index (χ3v) is 4.71. The Morgan fingerprint density at radius 2 is 2.05 bits per heavy atom. The van der Waals surface area contributed by atoms with E-state index in [-0.39, 0.29) is 0 Å². The van der Waals surface area contributed by atoms with Crippen LogP contribution in [0.2, 0.25) is 0 Å². The molecule has 8 heteroatoms. The van der Waals surface area contributed by atoms with Crippen molar-refractivity contribution in [1.29, 1.82) is 0 Å². The van der Waals surface area contributed by atoms with Gasteiger partial charge in [0.05, 0.1) is 6.26 Å². The Hall–Kier alpha value is -0.860. The summed E-state index contributed by atoms with van der Waals surface area (Å²) >= 11 is 0. The summed E-state index contributed by atoms with van der Waals surface area (Å²) < 4.78 is 24.4. The van der Waals surface area contributed by atoms with Crippen molar-refractivity contribution in [2.24, 2.45) is 4.99 Å². The van der Waals surface area contributed by atoms with Gasteiger partial charge in [-0.15, -0.1) is 0 Å². The molecule has 1 aliphatic heterocycles. The monoisotopic (exact) mass is 317 g/mol. The summed E-state index contributed by atoms with van der Waals surface area (Å²) in [5.74, 6) is 0.736. The Morgan fingerprint density at radius 3 is 2.62 bits per heavy atom. The molecule has 21 heavy (non-hydrogen) atoms. The Labute approximate surface area is 127 Å². The molecule has 0 aromatic rings. The Bertz CT molecular complexity index is 475. The first-order valence-corrected chi connectivity index (χ1v) is 9.45. The minimum Gasteiger partial charge on any atom is -0.355 e. The average Bonchev–Trinajstić information content (AvgIpc) is 3.16. The number of hydrogen-bond donors (Lipinski definition) is 3. The lowest BCUT2D eigenvalue weighted by molar-refractivity contribution is 0.256. The molecule has 2 atom stereocenters. The lowest BCUT2D eigenvalue weighted by Gasteiger charge is -2.20. The Balaban J connectivity index is 1.70. The molecule has 1 saturated carbocycles. The highest BCUT2D eigenvalue weighted by Gasteiger charge is 2.38. The molecule has 1 heterocycles. The van der Waals surface area contributed by atoms with Gasteiger partial charge in [-0.05, 0) is 26.2 Å². The molecule has 0 bridgehead atoms. The number of sulfonamides is 1. The molecule has 1 aliphatic carbocycles. The second kappa shape index (κ2) is 6.93. The number of aliphatic imine (C=N–C) groups is 1. The molecule has 7 nitrogen and oxygen atoms in total. The number of rotatable bonds is 6. The van der Waals surface area contributed by atoms with Crippen LogP contribution in [-0.2, 0) is 10.0 Å². The molecule has 2 rings (SSSR count). The van der Waals surface area contributed by atoms with E-state index in [0.717, 1.165) is 31.2 Å². The topological polar surface area (TPSA) is 85.8 Å². The molecule has 0 aromatic heterocycles. The predicted octanol–water partition coefficient (Wildman–Crippen LogP) is -0.674. The number of nitrogens with one attached hydrogen (secondary N) is 3. The average molecular weight is 317 g/mol. The Morgan fingerprint density at radius 1 is 1.33 bits per heavy atom. The number of guanidine groups is 1. The van der Waals surface area contributed by atoms with Crippen molar-refractivity contribution in [3.8, 4) is 0 Å². The summed E-state index contributed by atoms with van der Waals surface area (Å²) in [6, 6.07) is 1.83. The predicted molar refractivity (Wildman–Crippen MR) is 84.9 cm³/mol. The van der Waals surface area contributed by atoms with Gasteiger partial charge in [0.15, 0.2) is 5.96 Å². The van der Waals surface area contributed by atoms with Crippen LogP contribution in [-0.4, -0.2) is 70.3 Å². The maximum absolute atomic E-state index is 11.0. The first-order chi connectivity index (χ1) is 9.89. The summed E-state index contributed by atoms with van der Waals surface area (Å²) in [4.78, 5) is 6.77. The summed E-state index contributed by atoms with van der Waals surface area (Å²) in [5, 5.41) is 6.56. The highest BCUT2D eigenvalue weighted by molar-refractivity contribution is 7.88. The van der Waals surface area contributed by atoms with E-state index in [4.69, 9.17) is 0 Å². The van der Waals surface area contributed by atoms with Crippen molar-refractivity contribution >= 4 is 16.0 Å². The SMILES string of the molecule is CN=C(NCCNS(C)(=O)=O)NC1CC(C)N(C2CC2)C1. The van der Waals surface area contributed by atoms with Crippen LogP contribution in [0, 0.1) is 0 Å². The van der Waals surface area contributed by atoms with Gasteiger partial charge in [0.2, 0.25) is 10.0 Å². The summed E-state index contributed by atoms with van der Waals surface area (Å²) in [7, 11) is -1.39. The summed E-state index contributed by atoms with van der Waals surface area (Å²) in [5.41, 5.74) is 0. The molecule has 122 valence electrons. The van der Waals surface area contributed by atoms with E-state index in [1.54, 1.807) is 7.05 Å². The molecule has 2 unspecified atom stereocenters. The van der Waals surface area contributed by atoms with E-state index < -0.39 is 10.0 Å². The minimum atomic E-state index is -3.13. The van der Waals surface area contributed by atoms with Gasteiger partial charge in [-0.3, -0.25) is 9.89 Å². The van der Waals surface area contributed by atoms with Crippen LogP contribution in [0.5, 0.6) is 0 Å². The summed E-state index contributed by atoms with van der Waals surface area (Å²) in [6.45, 7) is 4.22. The van der Waals surface area contributed by atoms with E-state index in [9.17, 15) is 8.42 Å². The zero-order valence-electron chi connectivity index (χ0n) is 13.1. The van der Waals surface area contributed by atoms with Gasteiger partial charge in [-0.1, -0.05) is 0 Å². The van der Waals surface area contributed by atoms with Crippen LogP contribution < -0.4 is 15.4 Å². The van der Waals surface area contributed by atoms with Crippen LogP contribution in [0.3, 0.4) is 0 Å². The number of likely N-dealkylation sites (tertiary alicyclic amines) is 1. The molecule has 3 N–H and O–H groups in total. The number of nitrogens with zero attached hydrogens (tertiary/aromatic N) is 2. The second-order valence-corrected chi connectivity index (χ2v) is 7.85. The lowest BCUT2D eigenvalue weighted by atomic mass is 10.2. The van der Waals surface area contributed by atoms with Gasteiger partial charge in [-0.25, -0.2) is 13.1 Å². The van der Waals surface area contributed by atoms with Crippen molar-refractivity contribution < 1.29 is 8.42 Å². The van der Waals surface area contributed by atoms with Crippen LogP contribution >= 0.6 is 0 Å². The van der Waals surface area contributed by atoms with Gasteiger partial charge < -0.3 is 10.6 Å². The summed E-state index contributed by atoms with van der Waals surface area (Å²) in [6.07, 6.45) is 4.95. The van der Waals surface area contributed by atoms with Crippen LogP contribution in [0.1, 0.15) is 26.2 Å². The third kappa shape index (κ3) is 5.44. The smallest absolute Gasteiger partial charge is 0.208 e. The van der Waals surface area contributed by atoms with E-state index >= 15 is 0 Å². The molecule has 0 amide bonds. The molecule has 2 fully saturated rings. The molecule has 1 saturated heterocycles. The molecule has 0 radical (unpaired) electrons. The maximum atomic E-state index is 11.0. The van der Waals surface area contributed by atoms with E-state index in [2.05, 4.69) is 32.2 Å². The largest absolute Gasteiger partial charge is 0.355 e. The van der Waals surface area contributed by atoms with Crippen LogP contribution in [0.15, 0.2) is 4.99 Å². The van der Waals surface area contributed by atoms with Crippen molar-refractivity contribution in [2.45, 2.75) is 44.3 Å². The second-order valence-electron chi connectivity index (χ2n) is 6.02. The fraction of sp³-hybridized carbons (Fsp3) is 0.923. The van der Waals surface area contributed by atoms with Crippen molar-refractivity contribution in [3.63, 3.8) is 0 Å². The Kier molecular flexibility index (Phi) is 5.45. The van der Waals surface area contributed by atoms with Gasteiger partial charge in [-0.2, -0.15) is 0 Å². The standard InChI is InChI=1S/C13H27N5O2S/c1-10-8-11(9-18(10)12-4-5-12)17-13(14-2)15-6-7-16-21(3,19)20/h10-12,16H,4-9H2,1-3H3,(H2,14,15,17). The van der Waals surface area contributed by atoms with E-state index in [1.807, 2.05) is 0 Å².